The summed E-state index contributed by atoms with van der Waals surface area (Å²) in [7, 11) is 0. The van der Waals surface area contributed by atoms with Crippen LogP contribution >= 0.6 is 0 Å². The van der Waals surface area contributed by atoms with E-state index in [0.717, 1.165) is 0 Å². The molecule has 4 rings (SSSR count). The third kappa shape index (κ3) is 4.09. The molecule has 0 N–H and O–H groups in total. The van der Waals surface area contributed by atoms with Crippen LogP contribution in [0.25, 0.3) is 0 Å². The molecule has 0 saturated heterocycles. The highest BCUT2D eigenvalue weighted by Gasteiger charge is 2.41. The minimum Gasteiger partial charge on any atom is -0.0612 e. The first-order valence-corrected chi connectivity index (χ1v) is 12.4. The Morgan fingerprint density at radius 1 is 0.455 bits per heavy atom. The van der Waals surface area contributed by atoms with Gasteiger partial charge in [0.15, 0.2) is 0 Å². The molecule has 2 nitrogen and oxygen atoms in total. The van der Waals surface area contributed by atoms with Crippen molar-refractivity contribution >= 4 is 28.8 Å². The third-order valence-electron chi connectivity index (χ3n) is 6.70. The monoisotopic (exact) mass is 438 g/mol. The molecule has 0 spiro atoms. The molecule has 0 bridgehead atoms. The molecule has 2 heteroatoms. The van der Waals surface area contributed by atoms with Crippen LogP contribution in [0.2, 0.25) is 0 Å². The first-order valence-electron chi connectivity index (χ1n) is 12.4. The Labute approximate surface area is 199 Å². The van der Waals surface area contributed by atoms with Crippen LogP contribution in [0.1, 0.15) is 101 Å². The average Bonchev–Trinajstić information content (AvgIpc) is 3.16. The maximum atomic E-state index is 3.84. The zero-order valence-corrected chi connectivity index (χ0v) is 21.5. The van der Waals surface area contributed by atoms with Gasteiger partial charge in [0.1, 0.15) is 0 Å². The molecular formula is C31H38N2+2. The van der Waals surface area contributed by atoms with Gasteiger partial charge < -0.3 is 0 Å². The summed E-state index contributed by atoms with van der Waals surface area (Å²) in [6, 6.07) is 26.1. The van der Waals surface area contributed by atoms with Gasteiger partial charge in [-0.2, -0.15) is 0 Å². The van der Waals surface area contributed by atoms with Crippen molar-refractivity contribution in [2.24, 2.45) is 0 Å². The highest BCUT2D eigenvalue weighted by molar-refractivity contribution is 5.87. The lowest BCUT2D eigenvalue weighted by molar-refractivity contribution is 0.815. The second kappa shape index (κ2) is 9.12. The van der Waals surface area contributed by atoms with Crippen molar-refractivity contribution in [2.45, 2.75) is 79.1 Å². The maximum Gasteiger partial charge on any atom is 0.503 e. The second-order valence-electron chi connectivity index (χ2n) is 10.4. The van der Waals surface area contributed by atoms with E-state index in [1.54, 1.807) is 0 Å². The number of hydrogen-bond donors (Lipinski definition) is 0. The number of rotatable bonds is 6. The summed E-state index contributed by atoms with van der Waals surface area (Å²) in [5.41, 5.74) is 10.4. The van der Waals surface area contributed by atoms with Crippen LogP contribution in [0.4, 0.5) is 22.7 Å². The van der Waals surface area contributed by atoms with Crippen LogP contribution in [-0.2, 0) is 0 Å². The Balaban J connectivity index is 2.14. The fourth-order valence-electron chi connectivity index (χ4n) is 4.93. The van der Waals surface area contributed by atoms with Crippen molar-refractivity contribution in [1.82, 2.24) is 9.15 Å². The van der Waals surface area contributed by atoms with E-state index in [0.29, 0.717) is 23.7 Å². The highest BCUT2D eigenvalue weighted by Crippen LogP contribution is 2.44. The molecule has 1 heterocycles. The van der Waals surface area contributed by atoms with Crippen molar-refractivity contribution in [3.8, 4) is 0 Å². The zero-order valence-electron chi connectivity index (χ0n) is 21.5. The summed E-state index contributed by atoms with van der Waals surface area (Å²) in [5.74, 6) is 1.71. The third-order valence-corrected chi connectivity index (χ3v) is 6.70. The summed E-state index contributed by atoms with van der Waals surface area (Å²) in [4.78, 5) is 0. The van der Waals surface area contributed by atoms with E-state index in [2.05, 4.69) is 131 Å². The molecule has 0 saturated carbocycles. The van der Waals surface area contributed by atoms with Gasteiger partial charge in [-0.3, -0.25) is 0 Å². The Morgan fingerprint density at radius 3 is 1.03 bits per heavy atom. The van der Waals surface area contributed by atoms with Crippen molar-refractivity contribution in [1.29, 1.82) is 0 Å². The first-order chi connectivity index (χ1) is 15.7. The summed E-state index contributed by atoms with van der Waals surface area (Å²) in [6.07, 6.45) is 0. The fraction of sp³-hybridized carbons (Fsp3) is 0.387. The molecule has 0 aromatic heterocycles. The van der Waals surface area contributed by atoms with Gasteiger partial charge in [0, 0.05) is 34.4 Å². The van der Waals surface area contributed by atoms with Crippen LogP contribution in [0.3, 0.4) is 0 Å². The van der Waals surface area contributed by atoms with Gasteiger partial charge in [0.25, 0.3) is 11.4 Å². The summed E-state index contributed by atoms with van der Waals surface area (Å²) < 4.78 is 4.64. The van der Waals surface area contributed by atoms with E-state index in [-0.39, 0.29) is 0 Å². The molecule has 33 heavy (non-hydrogen) atoms. The molecule has 0 unspecified atom stereocenters. The molecule has 0 amide bonds. The van der Waals surface area contributed by atoms with Crippen molar-refractivity contribution in [2.75, 3.05) is 0 Å². The van der Waals surface area contributed by atoms with E-state index < -0.39 is 0 Å². The molecular weight excluding hydrogens is 400 g/mol. The standard InChI is InChI=1S/C31H38N2/c1-20(2)24-13-11-14-25(21(3)4)30(24)32-19-33(29-18-10-9-17-28(29)32)31-26(22(5)6)15-12-16-27(31)23(7)8/h9-18,20-23H,1-8H3/q+2. The van der Waals surface area contributed by atoms with Crippen LogP contribution in [-0.4, -0.2) is 6.01 Å². The predicted molar refractivity (Wildman–Crippen MR) is 144 cm³/mol. The van der Waals surface area contributed by atoms with Crippen LogP contribution in [0.5, 0.6) is 0 Å². The molecule has 1 aliphatic rings. The van der Waals surface area contributed by atoms with Gasteiger partial charge in [0.2, 0.25) is 11.4 Å². The average molecular weight is 439 g/mol. The van der Waals surface area contributed by atoms with E-state index >= 15 is 0 Å². The number of hydrogen-bond acceptors (Lipinski definition) is 0. The van der Waals surface area contributed by atoms with Gasteiger partial charge in [-0.15, -0.1) is 0 Å². The fourth-order valence-corrected chi connectivity index (χ4v) is 4.93. The predicted octanol–water partition coefficient (Wildman–Crippen LogP) is 9.04. The van der Waals surface area contributed by atoms with Crippen LogP contribution < -0.4 is 9.15 Å². The molecule has 3 aromatic carbocycles. The lowest BCUT2D eigenvalue weighted by atomic mass is 9.92. The molecule has 3 aromatic rings. The smallest absolute Gasteiger partial charge is 0.0612 e. The van der Waals surface area contributed by atoms with E-state index in [1.807, 2.05) is 0 Å². The zero-order chi connectivity index (χ0) is 23.9. The van der Waals surface area contributed by atoms with Crippen molar-refractivity contribution in [3.63, 3.8) is 0 Å². The van der Waals surface area contributed by atoms with Gasteiger partial charge in [-0.25, -0.2) is 0 Å². The number of para-hydroxylation sites is 4. The molecule has 0 radical (unpaired) electrons. The number of nitrogens with zero attached hydrogens (tertiary/aromatic N) is 2. The Bertz CT molecular complexity index is 1100. The minimum atomic E-state index is 0.427. The van der Waals surface area contributed by atoms with Crippen LogP contribution in [0, 0.1) is 0 Å². The minimum absolute atomic E-state index is 0.427. The Hall–Kier alpha value is -2.96. The summed E-state index contributed by atoms with van der Waals surface area (Å²) in [5, 5.41) is 0. The highest BCUT2D eigenvalue weighted by atomic mass is 15.2. The van der Waals surface area contributed by atoms with E-state index in [9.17, 15) is 0 Å². The molecule has 0 fully saturated rings. The largest absolute Gasteiger partial charge is 0.503 e. The first kappa shape index (κ1) is 23.2. The Kier molecular flexibility index (Phi) is 6.41. The van der Waals surface area contributed by atoms with Gasteiger partial charge in [-0.1, -0.05) is 104 Å². The van der Waals surface area contributed by atoms with E-state index in [1.165, 1.54) is 45.0 Å². The van der Waals surface area contributed by atoms with Gasteiger partial charge in [0.05, 0.1) is 0 Å². The normalized spacial score (nSPS) is 13.2. The number of fused-ring (bicyclic) bond motifs is 1. The van der Waals surface area contributed by atoms with Crippen LogP contribution in [0.15, 0.2) is 60.7 Å². The molecule has 1 aliphatic heterocycles. The molecule has 0 aliphatic carbocycles. The lowest BCUT2D eigenvalue weighted by Gasteiger charge is -2.14. The molecule has 170 valence electrons. The number of benzene rings is 3. The SMILES string of the molecule is CC(C)c1cccc(C(C)C)c1[N+]1=C=[N+](c2c(C(C)C)cccc2C(C)C)c2ccccc21. The molecule has 0 atom stereocenters. The van der Waals surface area contributed by atoms with E-state index in [4.69, 9.17) is 0 Å². The van der Waals surface area contributed by atoms with Gasteiger partial charge in [-0.05, 0) is 32.8 Å². The Morgan fingerprint density at radius 2 is 0.758 bits per heavy atom. The van der Waals surface area contributed by atoms with Gasteiger partial charge >= 0.3 is 6.01 Å². The second-order valence-corrected chi connectivity index (χ2v) is 10.4. The maximum absolute atomic E-state index is 3.84. The lowest BCUT2D eigenvalue weighted by Crippen LogP contribution is -2.10. The van der Waals surface area contributed by atoms with Crippen molar-refractivity contribution in [3.05, 3.63) is 82.9 Å². The summed E-state index contributed by atoms with van der Waals surface area (Å²) >= 11 is 0. The topological polar surface area (TPSA) is 6.02 Å². The summed E-state index contributed by atoms with van der Waals surface area (Å²) in [6.45, 7) is 18.3. The van der Waals surface area contributed by atoms with Crippen molar-refractivity contribution < 1.29 is 0 Å². The quantitative estimate of drug-likeness (QED) is 0.265.